The van der Waals surface area contributed by atoms with Crippen molar-refractivity contribution in [1.82, 2.24) is 19.9 Å². The van der Waals surface area contributed by atoms with Crippen LogP contribution in [0, 0.1) is 0 Å². The lowest BCUT2D eigenvalue weighted by molar-refractivity contribution is -0.116. The number of para-hydroxylation sites is 1. The van der Waals surface area contributed by atoms with Crippen molar-refractivity contribution in [2.75, 3.05) is 5.32 Å². The number of H-pyrrole nitrogens is 2. The third-order valence-electron chi connectivity index (χ3n) is 4.76. The van der Waals surface area contributed by atoms with E-state index in [0.29, 0.717) is 12.8 Å². The monoisotopic (exact) mass is 355 g/mol. The van der Waals surface area contributed by atoms with Gasteiger partial charge in [0.2, 0.25) is 5.91 Å². The number of amides is 1. The molecule has 3 heterocycles. The number of carbonyl (C=O) groups excluding carboxylic acids is 1. The summed E-state index contributed by atoms with van der Waals surface area (Å²) in [6.07, 6.45) is 4.45. The summed E-state index contributed by atoms with van der Waals surface area (Å²) in [5.41, 5.74) is 5.56. The number of benzene rings is 2. The highest BCUT2D eigenvalue weighted by molar-refractivity contribution is 6.07. The van der Waals surface area contributed by atoms with Gasteiger partial charge >= 0.3 is 0 Å². The lowest BCUT2D eigenvalue weighted by Crippen LogP contribution is -2.12. The average Bonchev–Trinajstić information content (AvgIpc) is 3.30. The fraction of sp³-hybridized carbons (Fsp3) is 0.0952. The van der Waals surface area contributed by atoms with Crippen LogP contribution in [0.4, 0.5) is 5.69 Å². The summed E-state index contributed by atoms with van der Waals surface area (Å²) in [5, 5.41) is 5.25. The molecule has 27 heavy (non-hydrogen) atoms. The van der Waals surface area contributed by atoms with Gasteiger partial charge in [-0.25, -0.2) is 4.98 Å². The van der Waals surface area contributed by atoms with Gasteiger partial charge in [0, 0.05) is 34.1 Å². The lowest BCUT2D eigenvalue weighted by Gasteiger charge is -2.05. The lowest BCUT2D eigenvalue weighted by atomic mass is 10.1. The predicted octanol–water partition coefficient (Wildman–Crippen LogP) is 4.16. The topological polar surface area (TPSA) is 86.5 Å². The molecule has 0 spiro atoms. The molecule has 1 amide bonds. The largest absolute Gasteiger partial charge is 0.353 e. The summed E-state index contributed by atoms with van der Waals surface area (Å²) in [4.78, 5) is 27.4. The number of aromatic nitrogens is 4. The fourth-order valence-electron chi connectivity index (χ4n) is 3.41. The Balaban J connectivity index is 1.31. The van der Waals surface area contributed by atoms with E-state index < -0.39 is 0 Å². The second-order valence-corrected chi connectivity index (χ2v) is 6.57. The van der Waals surface area contributed by atoms with Crippen LogP contribution in [-0.2, 0) is 11.2 Å². The second kappa shape index (κ2) is 6.25. The number of imidazole rings is 1. The van der Waals surface area contributed by atoms with E-state index in [1.54, 1.807) is 6.33 Å². The molecule has 0 saturated carbocycles. The number of pyridine rings is 1. The van der Waals surface area contributed by atoms with Crippen molar-refractivity contribution in [1.29, 1.82) is 0 Å². The van der Waals surface area contributed by atoms with Crippen molar-refractivity contribution in [3.63, 3.8) is 0 Å². The molecule has 0 fully saturated rings. The second-order valence-electron chi connectivity index (χ2n) is 6.57. The van der Waals surface area contributed by atoms with Gasteiger partial charge in [0.05, 0.1) is 29.1 Å². The summed E-state index contributed by atoms with van der Waals surface area (Å²) in [6, 6.07) is 15.9. The van der Waals surface area contributed by atoms with Gasteiger partial charge in [-0.1, -0.05) is 18.2 Å². The molecule has 0 aliphatic heterocycles. The smallest absolute Gasteiger partial charge is 0.224 e. The van der Waals surface area contributed by atoms with Crippen LogP contribution in [0.5, 0.6) is 0 Å². The number of anilines is 1. The molecule has 3 aromatic heterocycles. The molecule has 2 aromatic carbocycles. The zero-order valence-corrected chi connectivity index (χ0v) is 14.5. The zero-order valence-electron chi connectivity index (χ0n) is 14.5. The van der Waals surface area contributed by atoms with Crippen LogP contribution < -0.4 is 5.32 Å². The van der Waals surface area contributed by atoms with Gasteiger partial charge in [-0.15, -0.1) is 0 Å². The van der Waals surface area contributed by atoms with Crippen molar-refractivity contribution < 1.29 is 4.79 Å². The number of fused-ring (bicyclic) bond motifs is 4. The Kier molecular flexibility index (Phi) is 3.60. The third-order valence-corrected chi connectivity index (χ3v) is 4.76. The van der Waals surface area contributed by atoms with Crippen LogP contribution in [0.1, 0.15) is 12.1 Å². The summed E-state index contributed by atoms with van der Waals surface area (Å²) in [6.45, 7) is 0. The van der Waals surface area contributed by atoms with Crippen LogP contribution in [0.3, 0.4) is 0 Å². The first kappa shape index (κ1) is 15.6. The number of hydrogen-bond acceptors (Lipinski definition) is 3. The minimum absolute atomic E-state index is 0.0327. The van der Waals surface area contributed by atoms with E-state index in [4.69, 9.17) is 0 Å². The Labute approximate surface area is 154 Å². The summed E-state index contributed by atoms with van der Waals surface area (Å²) in [7, 11) is 0. The molecule has 0 radical (unpaired) electrons. The van der Waals surface area contributed by atoms with E-state index in [1.807, 2.05) is 36.5 Å². The van der Waals surface area contributed by atoms with E-state index in [2.05, 4.69) is 43.5 Å². The minimum atomic E-state index is -0.0327. The standard InChI is InChI=1S/C21H17N5O/c27-21(25-14-5-7-18-19(10-14)24-12-23-18)8-6-13-9-16-15-3-1-2-4-17(15)26-20(16)11-22-13/h1-5,7,9-12,26H,6,8H2,(H,23,24)(H,25,27). The first-order valence-electron chi connectivity index (χ1n) is 8.84. The van der Waals surface area contributed by atoms with Gasteiger partial charge in [-0.05, 0) is 36.8 Å². The third kappa shape index (κ3) is 2.91. The van der Waals surface area contributed by atoms with E-state index in [-0.39, 0.29) is 5.91 Å². The number of nitrogens with zero attached hydrogens (tertiary/aromatic N) is 2. The molecule has 0 aliphatic carbocycles. The number of aryl methyl sites for hydroxylation is 1. The van der Waals surface area contributed by atoms with E-state index in [0.717, 1.165) is 38.8 Å². The van der Waals surface area contributed by atoms with Gasteiger partial charge in [0.1, 0.15) is 0 Å². The number of rotatable bonds is 4. The van der Waals surface area contributed by atoms with E-state index >= 15 is 0 Å². The van der Waals surface area contributed by atoms with Crippen LogP contribution in [0.2, 0.25) is 0 Å². The molecule has 0 aliphatic rings. The normalized spacial score (nSPS) is 11.4. The highest BCUT2D eigenvalue weighted by atomic mass is 16.1. The van der Waals surface area contributed by atoms with Crippen molar-refractivity contribution in [3.8, 4) is 0 Å². The molecule has 3 N–H and O–H groups in total. The average molecular weight is 355 g/mol. The molecular formula is C21H17N5O. The predicted molar refractivity (Wildman–Crippen MR) is 107 cm³/mol. The quantitative estimate of drug-likeness (QED) is 0.452. The molecule has 6 heteroatoms. The molecule has 0 unspecified atom stereocenters. The van der Waals surface area contributed by atoms with Crippen molar-refractivity contribution in [2.45, 2.75) is 12.8 Å². The van der Waals surface area contributed by atoms with E-state index in [9.17, 15) is 4.79 Å². The maximum Gasteiger partial charge on any atom is 0.224 e. The van der Waals surface area contributed by atoms with Crippen molar-refractivity contribution in [3.05, 3.63) is 66.7 Å². The molecular weight excluding hydrogens is 338 g/mol. The van der Waals surface area contributed by atoms with Crippen LogP contribution in [-0.4, -0.2) is 25.8 Å². The van der Waals surface area contributed by atoms with Gasteiger partial charge in [0.25, 0.3) is 0 Å². The molecule has 0 saturated heterocycles. The SMILES string of the molecule is O=C(CCc1cc2c(cn1)[nH]c1ccccc12)Nc1ccc2nc[nH]c2c1. The summed E-state index contributed by atoms with van der Waals surface area (Å²) in [5.74, 6) is -0.0327. The number of nitrogens with one attached hydrogen (secondary N) is 3. The number of hydrogen-bond donors (Lipinski definition) is 3. The highest BCUT2D eigenvalue weighted by Gasteiger charge is 2.08. The first-order valence-corrected chi connectivity index (χ1v) is 8.84. The maximum absolute atomic E-state index is 12.3. The first-order chi connectivity index (χ1) is 13.3. The van der Waals surface area contributed by atoms with Gasteiger partial charge in [-0.2, -0.15) is 0 Å². The van der Waals surface area contributed by atoms with Crippen molar-refractivity contribution in [2.24, 2.45) is 0 Å². The Bertz CT molecular complexity index is 1280. The molecule has 0 bridgehead atoms. The van der Waals surface area contributed by atoms with Gasteiger partial charge in [-0.3, -0.25) is 9.78 Å². The Morgan fingerprint density at radius 2 is 1.89 bits per heavy atom. The van der Waals surface area contributed by atoms with Gasteiger partial charge in [0.15, 0.2) is 0 Å². The molecule has 5 rings (SSSR count). The Hall–Kier alpha value is -3.67. The molecule has 0 atom stereocenters. The van der Waals surface area contributed by atoms with E-state index in [1.165, 1.54) is 5.39 Å². The zero-order chi connectivity index (χ0) is 18.2. The van der Waals surface area contributed by atoms with Crippen LogP contribution >= 0.6 is 0 Å². The molecule has 5 aromatic rings. The Morgan fingerprint density at radius 1 is 0.963 bits per heavy atom. The van der Waals surface area contributed by atoms with Crippen LogP contribution in [0.25, 0.3) is 32.8 Å². The summed E-state index contributed by atoms with van der Waals surface area (Å²) < 4.78 is 0. The number of aromatic amines is 2. The summed E-state index contributed by atoms with van der Waals surface area (Å²) >= 11 is 0. The fourth-order valence-corrected chi connectivity index (χ4v) is 3.41. The highest BCUT2D eigenvalue weighted by Crippen LogP contribution is 2.25. The van der Waals surface area contributed by atoms with Crippen LogP contribution in [0.15, 0.2) is 61.1 Å². The van der Waals surface area contributed by atoms with Gasteiger partial charge < -0.3 is 15.3 Å². The molecule has 6 nitrogen and oxygen atoms in total. The molecule has 132 valence electrons. The Morgan fingerprint density at radius 3 is 2.85 bits per heavy atom. The minimum Gasteiger partial charge on any atom is -0.353 e. The number of carbonyl (C=O) groups is 1. The van der Waals surface area contributed by atoms with Crippen molar-refractivity contribution >= 4 is 44.4 Å². The maximum atomic E-state index is 12.3.